The molecule has 16 heavy (non-hydrogen) atoms. The molecule has 1 amide bonds. The number of nitrogens with one attached hydrogen (secondary N) is 1. The molecule has 0 aliphatic carbocycles. The number of carbonyl (C=O) groups is 2. The smallest absolute Gasteiger partial charge is 0.331 e. The molecule has 0 heterocycles. The second-order valence-electron chi connectivity index (χ2n) is 4.56. The maximum absolute atomic E-state index is 11.6. The van der Waals surface area contributed by atoms with Crippen LogP contribution in [0.2, 0.25) is 0 Å². The van der Waals surface area contributed by atoms with Gasteiger partial charge in [-0.15, -0.1) is 0 Å². The predicted octanol–water partition coefficient (Wildman–Crippen LogP) is 1.96. The van der Waals surface area contributed by atoms with Crippen LogP contribution in [0.25, 0.3) is 0 Å². The molecule has 0 saturated carbocycles. The fourth-order valence-corrected chi connectivity index (χ4v) is 1.43. The summed E-state index contributed by atoms with van der Waals surface area (Å²) in [5.41, 5.74) is 0.359. The van der Waals surface area contributed by atoms with E-state index in [4.69, 9.17) is 5.11 Å². The molecule has 0 fully saturated rings. The molecule has 0 spiro atoms. The SMILES string of the molecule is CC(C(=O)O)=C(C)C(=O)NC(C)CC(C)C. The lowest BCUT2D eigenvalue weighted by molar-refractivity contribution is -0.133. The minimum Gasteiger partial charge on any atom is -0.478 e. The highest BCUT2D eigenvalue weighted by Gasteiger charge is 2.15. The van der Waals surface area contributed by atoms with Gasteiger partial charge in [-0.2, -0.15) is 0 Å². The van der Waals surface area contributed by atoms with E-state index in [2.05, 4.69) is 19.2 Å². The van der Waals surface area contributed by atoms with Crippen molar-refractivity contribution in [1.29, 1.82) is 0 Å². The lowest BCUT2D eigenvalue weighted by Crippen LogP contribution is -2.34. The number of carboxylic acid groups (broad SMARTS) is 1. The van der Waals surface area contributed by atoms with Gasteiger partial charge in [0.15, 0.2) is 0 Å². The van der Waals surface area contributed by atoms with E-state index in [1.807, 2.05) is 6.92 Å². The monoisotopic (exact) mass is 227 g/mol. The molecule has 0 bridgehead atoms. The van der Waals surface area contributed by atoms with Crippen molar-refractivity contribution < 1.29 is 14.7 Å². The molecule has 2 N–H and O–H groups in total. The maximum Gasteiger partial charge on any atom is 0.331 e. The Morgan fingerprint density at radius 3 is 2.00 bits per heavy atom. The van der Waals surface area contributed by atoms with Gasteiger partial charge in [-0.25, -0.2) is 4.79 Å². The first-order chi connectivity index (χ1) is 7.25. The quantitative estimate of drug-likeness (QED) is 0.705. The first-order valence-corrected chi connectivity index (χ1v) is 5.47. The van der Waals surface area contributed by atoms with E-state index >= 15 is 0 Å². The average molecular weight is 227 g/mol. The summed E-state index contributed by atoms with van der Waals surface area (Å²) < 4.78 is 0. The molecule has 0 aromatic carbocycles. The van der Waals surface area contributed by atoms with E-state index in [1.165, 1.54) is 13.8 Å². The molecule has 0 aromatic heterocycles. The van der Waals surface area contributed by atoms with Crippen molar-refractivity contribution in [1.82, 2.24) is 5.32 Å². The van der Waals surface area contributed by atoms with Crippen LogP contribution in [0.15, 0.2) is 11.1 Å². The zero-order valence-electron chi connectivity index (χ0n) is 10.6. The van der Waals surface area contributed by atoms with Gasteiger partial charge < -0.3 is 10.4 Å². The van der Waals surface area contributed by atoms with Crippen molar-refractivity contribution >= 4 is 11.9 Å². The topological polar surface area (TPSA) is 66.4 Å². The summed E-state index contributed by atoms with van der Waals surface area (Å²) in [4.78, 5) is 22.3. The number of carboxylic acids is 1. The highest BCUT2D eigenvalue weighted by molar-refractivity contribution is 6.01. The van der Waals surface area contributed by atoms with Gasteiger partial charge >= 0.3 is 5.97 Å². The molecule has 1 unspecified atom stereocenters. The highest BCUT2D eigenvalue weighted by Crippen LogP contribution is 2.07. The zero-order valence-corrected chi connectivity index (χ0v) is 10.6. The Hall–Kier alpha value is -1.32. The summed E-state index contributed by atoms with van der Waals surface area (Å²) in [6, 6.07) is 0.0593. The Morgan fingerprint density at radius 2 is 1.62 bits per heavy atom. The third kappa shape index (κ3) is 4.96. The van der Waals surface area contributed by atoms with Gasteiger partial charge in [-0.3, -0.25) is 4.79 Å². The Bertz CT molecular complexity index is 305. The lowest BCUT2D eigenvalue weighted by Gasteiger charge is -2.16. The van der Waals surface area contributed by atoms with Crippen LogP contribution >= 0.6 is 0 Å². The normalized spacial score (nSPS) is 14.4. The summed E-state index contributed by atoms with van der Waals surface area (Å²) in [5, 5.41) is 11.5. The Labute approximate surface area is 96.7 Å². The second kappa shape index (κ2) is 6.30. The van der Waals surface area contributed by atoms with Crippen molar-refractivity contribution in [3.05, 3.63) is 11.1 Å². The molecule has 92 valence electrons. The Balaban J connectivity index is 4.48. The summed E-state index contributed by atoms with van der Waals surface area (Å²) in [6.07, 6.45) is 0.880. The summed E-state index contributed by atoms with van der Waals surface area (Å²) >= 11 is 0. The van der Waals surface area contributed by atoms with Gasteiger partial charge in [0.05, 0.1) is 0 Å². The van der Waals surface area contributed by atoms with E-state index in [9.17, 15) is 9.59 Å². The third-order valence-electron chi connectivity index (χ3n) is 2.43. The molecule has 0 aliphatic rings. The maximum atomic E-state index is 11.6. The fraction of sp³-hybridized carbons (Fsp3) is 0.667. The number of amides is 1. The first kappa shape index (κ1) is 14.7. The van der Waals surface area contributed by atoms with Crippen LogP contribution in [0.1, 0.15) is 41.0 Å². The molecule has 0 radical (unpaired) electrons. The summed E-state index contributed by atoms with van der Waals surface area (Å²) in [5.74, 6) is -0.850. The number of carbonyl (C=O) groups excluding carboxylic acids is 1. The van der Waals surface area contributed by atoms with E-state index in [0.29, 0.717) is 5.92 Å². The van der Waals surface area contributed by atoms with Crippen LogP contribution in [-0.2, 0) is 9.59 Å². The molecule has 0 saturated heterocycles. The lowest BCUT2D eigenvalue weighted by atomic mass is 10.0. The molecule has 4 nitrogen and oxygen atoms in total. The molecular weight excluding hydrogens is 206 g/mol. The summed E-state index contributed by atoms with van der Waals surface area (Å²) in [7, 11) is 0. The van der Waals surface area contributed by atoms with Crippen molar-refractivity contribution in [2.45, 2.75) is 47.1 Å². The standard InChI is InChI=1S/C12H21NO3/c1-7(2)6-8(3)13-11(14)9(4)10(5)12(15)16/h7-8H,6H2,1-5H3,(H,13,14)(H,15,16). The van der Waals surface area contributed by atoms with E-state index < -0.39 is 5.97 Å². The second-order valence-corrected chi connectivity index (χ2v) is 4.56. The van der Waals surface area contributed by atoms with Gasteiger partial charge in [0.2, 0.25) is 5.91 Å². The van der Waals surface area contributed by atoms with Crippen molar-refractivity contribution in [3.8, 4) is 0 Å². The number of hydrogen-bond acceptors (Lipinski definition) is 2. The predicted molar refractivity (Wildman–Crippen MR) is 63.1 cm³/mol. The molecule has 0 aromatic rings. The molecule has 0 aliphatic heterocycles. The van der Waals surface area contributed by atoms with Crippen LogP contribution in [0.3, 0.4) is 0 Å². The van der Waals surface area contributed by atoms with Crippen molar-refractivity contribution in [2.24, 2.45) is 5.92 Å². The van der Waals surface area contributed by atoms with Crippen LogP contribution in [0.5, 0.6) is 0 Å². The van der Waals surface area contributed by atoms with E-state index in [0.717, 1.165) is 6.42 Å². The van der Waals surface area contributed by atoms with E-state index in [-0.39, 0.29) is 23.1 Å². The highest BCUT2D eigenvalue weighted by atomic mass is 16.4. The molecule has 4 heteroatoms. The minimum absolute atomic E-state index is 0.0593. The van der Waals surface area contributed by atoms with Gasteiger partial charge in [0.1, 0.15) is 0 Å². The van der Waals surface area contributed by atoms with Crippen LogP contribution in [0.4, 0.5) is 0 Å². The first-order valence-electron chi connectivity index (χ1n) is 5.47. The van der Waals surface area contributed by atoms with Crippen LogP contribution in [0, 0.1) is 5.92 Å². The molecular formula is C12H21NO3. The van der Waals surface area contributed by atoms with Crippen LogP contribution < -0.4 is 5.32 Å². The Morgan fingerprint density at radius 1 is 1.12 bits per heavy atom. The largest absolute Gasteiger partial charge is 0.478 e. The van der Waals surface area contributed by atoms with Gasteiger partial charge in [0.25, 0.3) is 0 Å². The Kier molecular flexibility index (Phi) is 5.78. The summed E-state index contributed by atoms with van der Waals surface area (Å²) in [6.45, 7) is 9.04. The molecule has 0 rings (SSSR count). The zero-order chi connectivity index (χ0) is 12.9. The van der Waals surface area contributed by atoms with Crippen molar-refractivity contribution in [3.63, 3.8) is 0 Å². The van der Waals surface area contributed by atoms with E-state index in [1.54, 1.807) is 0 Å². The number of rotatable bonds is 5. The van der Waals surface area contributed by atoms with Crippen molar-refractivity contribution in [2.75, 3.05) is 0 Å². The van der Waals surface area contributed by atoms with Gasteiger partial charge in [0, 0.05) is 17.2 Å². The number of hydrogen-bond donors (Lipinski definition) is 2. The van der Waals surface area contributed by atoms with Crippen LogP contribution in [-0.4, -0.2) is 23.0 Å². The number of aliphatic carboxylic acids is 1. The minimum atomic E-state index is -1.05. The van der Waals surface area contributed by atoms with Gasteiger partial charge in [-0.1, -0.05) is 13.8 Å². The average Bonchev–Trinajstić information content (AvgIpc) is 2.13. The third-order valence-corrected chi connectivity index (χ3v) is 2.43. The van der Waals surface area contributed by atoms with Gasteiger partial charge in [-0.05, 0) is 33.1 Å². The molecule has 1 atom stereocenters. The fourth-order valence-electron chi connectivity index (χ4n) is 1.43.